The number of aliphatic carboxylic acids is 1. The van der Waals surface area contributed by atoms with Gasteiger partial charge in [0, 0.05) is 12.1 Å². The van der Waals surface area contributed by atoms with E-state index >= 15 is 0 Å². The zero-order valence-corrected chi connectivity index (χ0v) is 16.0. The number of hydrogen-bond acceptors (Lipinski definition) is 2. The Bertz CT molecular complexity index is 898. The summed E-state index contributed by atoms with van der Waals surface area (Å²) in [6.45, 7) is 0.191. The van der Waals surface area contributed by atoms with Gasteiger partial charge in [-0.25, -0.2) is 0 Å². The first kappa shape index (κ1) is 17.6. The Morgan fingerprint density at radius 2 is 2.00 bits per heavy atom. The molecule has 0 unspecified atom stereocenters. The zero-order chi connectivity index (χ0) is 17.6. The first-order valence-electron chi connectivity index (χ1n) is 6.97. The van der Waals surface area contributed by atoms with Crippen molar-refractivity contribution in [1.29, 1.82) is 5.26 Å². The molecule has 8 heteroatoms. The lowest BCUT2D eigenvalue weighted by molar-refractivity contribution is -0.143. The summed E-state index contributed by atoms with van der Waals surface area (Å²) >= 11 is 21.8. The second-order valence-electron chi connectivity index (χ2n) is 5.74. The molecule has 1 saturated carbocycles. The van der Waals surface area contributed by atoms with Crippen LogP contribution in [-0.2, 0) is 11.3 Å². The first-order chi connectivity index (χ1) is 11.3. The molecule has 0 amide bonds. The van der Waals surface area contributed by atoms with Crippen molar-refractivity contribution >= 4 is 56.7 Å². The fourth-order valence-electron chi connectivity index (χ4n) is 2.62. The molecule has 4 nitrogen and oxygen atoms in total. The largest absolute Gasteiger partial charge is 0.481 e. The molecule has 2 aromatic rings. The van der Waals surface area contributed by atoms with Gasteiger partial charge in [0.05, 0.1) is 25.6 Å². The fourth-order valence-corrected chi connectivity index (χ4v) is 4.04. The van der Waals surface area contributed by atoms with Gasteiger partial charge in [0.2, 0.25) is 0 Å². The second-order valence-corrected chi connectivity index (χ2v) is 7.71. The maximum atomic E-state index is 11.5. The smallest absolute Gasteiger partial charge is 0.311 e. The van der Waals surface area contributed by atoms with Gasteiger partial charge >= 0.3 is 5.97 Å². The summed E-state index contributed by atoms with van der Waals surface area (Å²) in [4.78, 5) is 11.5. The van der Waals surface area contributed by atoms with Crippen LogP contribution in [0.3, 0.4) is 0 Å². The number of nitrogens with zero attached hydrogens (tertiary/aromatic N) is 2. The first-order valence-corrected chi connectivity index (χ1v) is 8.90. The minimum Gasteiger partial charge on any atom is -0.481 e. The van der Waals surface area contributed by atoms with E-state index in [0.717, 1.165) is 0 Å². The quantitative estimate of drug-likeness (QED) is 0.661. The summed E-state index contributed by atoms with van der Waals surface area (Å²) in [5, 5.41) is 19.8. The van der Waals surface area contributed by atoms with Crippen molar-refractivity contribution in [2.45, 2.75) is 19.4 Å². The van der Waals surface area contributed by atoms with Crippen molar-refractivity contribution in [2.75, 3.05) is 0 Å². The van der Waals surface area contributed by atoms with Crippen molar-refractivity contribution in [3.63, 3.8) is 0 Å². The lowest BCUT2D eigenvalue weighted by atomic mass is 10.1. The fraction of sp³-hybridized carbons (Fsp3) is 0.250. The Morgan fingerprint density at radius 1 is 1.33 bits per heavy atom. The van der Waals surface area contributed by atoms with Crippen LogP contribution in [0.5, 0.6) is 0 Å². The van der Waals surface area contributed by atoms with Crippen molar-refractivity contribution in [1.82, 2.24) is 4.57 Å². The Balaban J connectivity index is 2.19. The van der Waals surface area contributed by atoms with E-state index in [1.54, 1.807) is 22.8 Å². The maximum absolute atomic E-state index is 11.5. The van der Waals surface area contributed by atoms with Gasteiger partial charge in [-0.05, 0) is 40.9 Å². The van der Waals surface area contributed by atoms with Crippen LogP contribution in [0, 0.1) is 16.7 Å². The molecule has 1 aromatic carbocycles. The molecular formula is C16H10BrCl3N2O2. The van der Waals surface area contributed by atoms with Gasteiger partial charge in [0.15, 0.2) is 0 Å². The third-order valence-electron chi connectivity index (χ3n) is 4.21. The molecule has 1 aliphatic carbocycles. The van der Waals surface area contributed by atoms with Crippen LogP contribution in [-0.4, -0.2) is 15.6 Å². The van der Waals surface area contributed by atoms with E-state index in [1.165, 1.54) is 0 Å². The van der Waals surface area contributed by atoms with Crippen molar-refractivity contribution in [2.24, 2.45) is 5.41 Å². The second kappa shape index (κ2) is 6.27. The molecule has 1 fully saturated rings. The molecule has 3 rings (SSSR count). The molecule has 24 heavy (non-hydrogen) atoms. The van der Waals surface area contributed by atoms with Gasteiger partial charge in [-0.1, -0.05) is 40.9 Å². The van der Waals surface area contributed by atoms with Crippen molar-refractivity contribution < 1.29 is 9.90 Å². The lowest BCUT2D eigenvalue weighted by Gasteiger charge is -2.16. The third kappa shape index (κ3) is 2.82. The zero-order valence-electron chi connectivity index (χ0n) is 12.1. The predicted molar refractivity (Wildman–Crippen MR) is 96.6 cm³/mol. The highest BCUT2D eigenvalue weighted by Gasteiger charge is 2.51. The average molecular weight is 449 g/mol. The van der Waals surface area contributed by atoms with E-state index in [1.807, 2.05) is 6.07 Å². The number of nitriles is 1. The summed E-state index contributed by atoms with van der Waals surface area (Å²) in [6.07, 6.45) is 1.16. The molecule has 0 atom stereocenters. The van der Waals surface area contributed by atoms with Crippen LogP contribution < -0.4 is 0 Å². The number of carboxylic acid groups (broad SMARTS) is 1. The van der Waals surface area contributed by atoms with Gasteiger partial charge in [-0.15, -0.1) is 0 Å². The van der Waals surface area contributed by atoms with Crippen molar-refractivity contribution in [3.8, 4) is 17.3 Å². The Morgan fingerprint density at radius 3 is 2.50 bits per heavy atom. The van der Waals surface area contributed by atoms with Gasteiger partial charge < -0.3 is 9.67 Å². The minimum atomic E-state index is -0.859. The molecule has 1 aromatic heterocycles. The maximum Gasteiger partial charge on any atom is 0.311 e. The lowest BCUT2D eigenvalue weighted by Crippen LogP contribution is -2.22. The standard InChI is InChI=1S/C16H10BrCl3N2O2/c17-12-9(6-21)14(20)22(7-16(3-4-16)15(23)24)13(12)8-1-2-10(18)11(19)5-8/h1-2,5H,3-4,7H2,(H,23,24). The summed E-state index contributed by atoms with van der Waals surface area (Å²) < 4.78 is 2.17. The molecular weight excluding hydrogens is 438 g/mol. The van der Waals surface area contributed by atoms with E-state index in [4.69, 9.17) is 34.8 Å². The monoisotopic (exact) mass is 446 g/mol. The molecule has 0 spiro atoms. The van der Waals surface area contributed by atoms with Crippen LogP contribution in [0.15, 0.2) is 22.7 Å². The molecule has 0 aliphatic heterocycles. The SMILES string of the molecule is N#Cc1c(Br)c(-c2ccc(Cl)c(Cl)c2)n(CC2(C(=O)O)CC2)c1Cl. The van der Waals surface area contributed by atoms with E-state index < -0.39 is 11.4 Å². The highest BCUT2D eigenvalue weighted by molar-refractivity contribution is 9.10. The Hall–Kier alpha value is -1.19. The van der Waals surface area contributed by atoms with E-state index in [2.05, 4.69) is 15.9 Å². The highest BCUT2D eigenvalue weighted by atomic mass is 79.9. The Labute approximate surface area is 161 Å². The molecule has 1 N–H and O–H groups in total. The molecule has 0 radical (unpaired) electrons. The average Bonchev–Trinajstić information content (AvgIpc) is 3.27. The van der Waals surface area contributed by atoms with Gasteiger partial charge in [-0.2, -0.15) is 5.26 Å². The minimum absolute atomic E-state index is 0.191. The third-order valence-corrected chi connectivity index (χ3v) is 6.12. The number of benzene rings is 1. The number of rotatable bonds is 4. The molecule has 0 bridgehead atoms. The summed E-state index contributed by atoms with van der Waals surface area (Å²) in [5.74, 6) is -0.859. The van der Waals surface area contributed by atoms with Gasteiger partial charge in [0.1, 0.15) is 16.8 Å². The molecule has 124 valence electrons. The molecule has 1 aliphatic rings. The number of halogens is 4. The van der Waals surface area contributed by atoms with Crippen LogP contribution >= 0.6 is 50.7 Å². The van der Waals surface area contributed by atoms with E-state index in [0.29, 0.717) is 38.6 Å². The Kier molecular flexibility index (Phi) is 4.61. The summed E-state index contributed by atoms with van der Waals surface area (Å²) in [6, 6.07) is 7.11. The molecule has 0 saturated heterocycles. The topological polar surface area (TPSA) is 66.0 Å². The normalized spacial score (nSPS) is 15.1. The summed E-state index contributed by atoms with van der Waals surface area (Å²) in [7, 11) is 0. The number of carbonyl (C=O) groups is 1. The van der Waals surface area contributed by atoms with Crippen molar-refractivity contribution in [3.05, 3.63) is 43.4 Å². The number of carboxylic acids is 1. The van der Waals surface area contributed by atoms with Crippen LogP contribution in [0.4, 0.5) is 0 Å². The van der Waals surface area contributed by atoms with E-state index in [-0.39, 0.29) is 17.3 Å². The van der Waals surface area contributed by atoms with Gasteiger partial charge in [0.25, 0.3) is 0 Å². The van der Waals surface area contributed by atoms with Crippen LogP contribution in [0.1, 0.15) is 18.4 Å². The summed E-state index contributed by atoms with van der Waals surface area (Å²) in [5.41, 5.74) is 0.738. The van der Waals surface area contributed by atoms with E-state index in [9.17, 15) is 15.2 Å². The highest BCUT2D eigenvalue weighted by Crippen LogP contribution is 2.50. The predicted octanol–water partition coefficient (Wildman–Crippen LogP) is 5.61. The van der Waals surface area contributed by atoms with Crippen LogP contribution in [0.25, 0.3) is 11.3 Å². The number of hydrogen-bond donors (Lipinski definition) is 1. The van der Waals surface area contributed by atoms with Gasteiger partial charge in [-0.3, -0.25) is 4.79 Å². The molecule has 1 heterocycles. The number of aromatic nitrogens is 1. The van der Waals surface area contributed by atoms with Crippen LogP contribution in [0.2, 0.25) is 15.2 Å².